The van der Waals surface area contributed by atoms with E-state index in [-0.39, 0.29) is 17.5 Å². The summed E-state index contributed by atoms with van der Waals surface area (Å²) in [6, 6.07) is 1.04. The highest BCUT2D eigenvalue weighted by atomic mass is 32.2. The smallest absolute Gasteiger partial charge is 0.254 e. The molecule has 0 spiro atoms. The van der Waals surface area contributed by atoms with Gasteiger partial charge in [-0.2, -0.15) is 16.7 Å². The lowest BCUT2D eigenvalue weighted by Gasteiger charge is -2.20. The molecular formula is C8H10N2O3S. The molecule has 0 radical (unpaired) electrons. The molecule has 1 fully saturated rings. The lowest BCUT2D eigenvalue weighted by molar-refractivity contribution is 0.0687. The summed E-state index contributed by atoms with van der Waals surface area (Å²) in [5.74, 6) is 1.86. The molecule has 2 rings (SSSR count). The predicted molar refractivity (Wildman–Crippen MR) is 52.5 cm³/mol. The van der Waals surface area contributed by atoms with Gasteiger partial charge in [-0.25, -0.2) is 0 Å². The van der Waals surface area contributed by atoms with E-state index in [1.807, 2.05) is 0 Å². The first-order valence-electron chi connectivity index (χ1n) is 4.25. The number of ether oxygens (including phenoxy) is 1. The summed E-state index contributed by atoms with van der Waals surface area (Å²) >= 11 is 1.74. The van der Waals surface area contributed by atoms with Crippen molar-refractivity contribution in [1.29, 1.82) is 0 Å². The first-order chi connectivity index (χ1) is 6.75. The minimum atomic E-state index is -0.355. The molecule has 5 nitrogen and oxygen atoms in total. The molecule has 0 bridgehead atoms. The third-order valence-corrected chi connectivity index (χ3v) is 2.86. The van der Waals surface area contributed by atoms with Crippen molar-refractivity contribution in [3.8, 4) is 5.88 Å². The van der Waals surface area contributed by atoms with Crippen LogP contribution in [0.3, 0.4) is 0 Å². The van der Waals surface area contributed by atoms with Crippen molar-refractivity contribution < 1.29 is 9.84 Å². The summed E-state index contributed by atoms with van der Waals surface area (Å²) < 4.78 is 5.41. The van der Waals surface area contributed by atoms with E-state index in [0.717, 1.165) is 17.6 Å². The molecule has 76 valence electrons. The molecule has 1 unspecified atom stereocenters. The van der Waals surface area contributed by atoms with E-state index in [0.29, 0.717) is 12.4 Å². The molecule has 2 N–H and O–H groups in total. The first-order valence-corrected chi connectivity index (χ1v) is 5.41. The molecule has 1 aromatic heterocycles. The minimum absolute atomic E-state index is 0.214. The average molecular weight is 214 g/mol. The second-order valence-corrected chi connectivity index (χ2v) is 4.07. The van der Waals surface area contributed by atoms with Crippen LogP contribution in [0.5, 0.6) is 5.88 Å². The highest BCUT2D eigenvalue weighted by Crippen LogP contribution is 2.23. The summed E-state index contributed by atoms with van der Waals surface area (Å²) in [5, 5.41) is 9.13. The van der Waals surface area contributed by atoms with Crippen LogP contribution < -0.4 is 5.56 Å². The van der Waals surface area contributed by atoms with Crippen molar-refractivity contribution in [2.75, 3.05) is 18.1 Å². The highest BCUT2D eigenvalue weighted by molar-refractivity contribution is 7.99. The van der Waals surface area contributed by atoms with Gasteiger partial charge in [0.25, 0.3) is 5.56 Å². The first kappa shape index (κ1) is 9.54. The molecule has 2 heterocycles. The third-order valence-electron chi connectivity index (χ3n) is 1.87. The van der Waals surface area contributed by atoms with Crippen LogP contribution >= 0.6 is 11.8 Å². The number of hydrogen-bond donors (Lipinski definition) is 2. The van der Waals surface area contributed by atoms with Gasteiger partial charge in [0.2, 0.25) is 5.88 Å². The maximum absolute atomic E-state index is 11.0. The summed E-state index contributed by atoms with van der Waals surface area (Å²) in [6.45, 7) is 0.648. The van der Waals surface area contributed by atoms with Crippen molar-refractivity contribution in [3.63, 3.8) is 0 Å². The van der Waals surface area contributed by atoms with Crippen LogP contribution in [0.2, 0.25) is 0 Å². The predicted octanol–water partition coefficient (Wildman–Crippen LogP) is 0.280. The van der Waals surface area contributed by atoms with Gasteiger partial charge in [0.05, 0.1) is 12.7 Å². The second kappa shape index (κ2) is 4.02. The molecule has 14 heavy (non-hydrogen) atoms. The van der Waals surface area contributed by atoms with Gasteiger partial charge in [0, 0.05) is 11.5 Å². The molecule has 1 atom stereocenters. The van der Waals surface area contributed by atoms with Crippen LogP contribution in [0.1, 0.15) is 11.9 Å². The fraction of sp³-hybridized carbons (Fsp3) is 0.500. The SMILES string of the molecule is O=c1cc(O)nc(C2CSCCO2)[nH]1. The van der Waals surface area contributed by atoms with Crippen molar-refractivity contribution in [2.45, 2.75) is 6.10 Å². The molecule has 0 aromatic carbocycles. The van der Waals surface area contributed by atoms with Crippen LogP contribution in [-0.2, 0) is 4.74 Å². The zero-order chi connectivity index (χ0) is 9.97. The van der Waals surface area contributed by atoms with Crippen LogP contribution in [0.25, 0.3) is 0 Å². The summed E-state index contributed by atoms with van der Waals surface area (Å²) in [5.41, 5.74) is -0.355. The Hall–Kier alpha value is -1.01. The van der Waals surface area contributed by atoms with Gasteiger partial charge in [-0.1, -0.05) is 0 Å². The van der Waals surface area contributed by atoms with Crippen molar-refractivity contribution in [2.24, 2.45) is 0 Å². The monoisotopic (exact) mass is 214 g/mol. The second-order valence-electron chi connectivity index (χ2n) is 2.92. The summed E-state index contributed by atoms with van der Waals surface area (Å²) in [6.07, 6.45) is -0.214. The van der Waals surface area contributed by atoms with Crippen LogP contribution in [0.4, 0.5) is 0 Å². The Morgan fingerprint density at radius 3 is 3.21 bits per heavy atom. The van der Waals surface area contributed by atoms with E-state index in [1.54, 1.807) is 11.8 Å². The number of aromatic amines is 1. The van der Waals surface area contributed by atoms with Crippen molar-refractivity contribution >= 4 is 11.8 Å². The minimum Gasteiger partial charge on any atom is -0.493 e. The zero-order valence-corrected chi connectivity index (χ0v) is 8.21. The van der Waals surface area contributed by atoms with Gasteiger partial charge < -0.3 is 14.8 Å². The Morgan fingerprint density at radius 1 is 1.71 bits per heavy atom. The number of H-pyrrole nitrogens is 1. The highest BCUT2D eigenvalue weighted by Gasteiger charge is 2.19. The lowest BCUT2D eigenvalue weighted by Crippen LogP contribution is -2.21. The molecule has 6 heteroatoms. The molecule has 0 saturated carbocycles. The number of nitrogens with zero attached hydrogens (tertiary/aromatic N) is 1. The van der Waals surface area contributed by atoms with Gasteiger partial charge in [-0.3, -0.25) is 4.79 Å². The fourth-order valence-electron chi connectivity index (χ4n) is 1.26. The zero-order valence-electron chi connectivity index (χ0n) is 7.40. The number of nitrogens with one attached hydrogen (secondary N) is 1. The number of thioether (sulfide) groups is 1. The number of aromatic nitrogens is 2. The van der Waals surface area contributed by atoms with E-state index in [4.69, 9.17) is 9.84 Å². The lowest BCUT2D eigenvalue weighted by atomic mass is 10.3. The molecule has 1 saturated heterocycles. The Kier molecular flexibility index (Phi) is 2.74. The summed E-state index contributed by atoms with van der Waals surface area (Å²) in [7, 11) is 0. The third kappa shape index (κ3) is 2.08. The van der Waals surface area contributed by atoms with Gasteiger partial charge in [-0.15, -0.1) is 0 Å². The Bertz CT molecular complexity index is 373. The standard InChI is InChI=1S/C8H10N2O3S/c11-6-3-7(12)10-8(9-6)5-4-14-2-1-13-5/h3,5H,1-2,4H2,(H2,9,10,11,12). The molecular weight excluding hydrogens is 204 g/mol. The van der Waals surface area contributed by atoms with Crippen LogP contribution in [0, 0.1) is 0 Å². The number of hydrogen-bond acceptors (Lipinski definition) is 5. The van der Waals surface area contributed by atoms with Gasteiger partial charge >= 0.3 is 0 Å². The molecule has 1 aliphatic rings. The molecule has 1 aliphatic heterocycles. The van der Waals surface area contributed by atoms with E-state index >= 15 is 0 Å². The van der Waals surface area contributed by atoms with Gasteiger partial charge in [-0.05, 0) is 0 Å². The molecule has 0 amide bonds. The fourth-order valence-corrected chi connectivity index (χ4v) is 2.11. The van der Waals surface area contributed by atoms with E-state index in [2.05, 4.69) is 9.97 Å². The normalized spacial score (nSPS) is 22.1. The van der Waals surface area contributed by atoms with Crippen LogP contribution in [-0.4, -0.2) is 33.2 Å². The van der Waals surface area contributed by atoms with Crippen molar-refractivity contribution in [3.05, 3.63) is 22.2 Å². The summed E-state index contributed by atoms with van der Waals surface area (Å²) in [4.78, 5) is 17.4. The topological polar surface area (TPSA) is 75.2 Å². The average Bonchev–Trinajstić information content (AvgIpc) is 2.18. The van der Waals surface area contributed by atoms with E-state index in [9.17, 15) is 4.79 Å². The maximum Gasteiger partial charge on any atom is 0.254 e. The maximum atomic E-state index is 11.0. The molecule has 0 aliphatic carbocycles. The quantitative estimate of drug-likeness (QED) is 0.702. The van der Waals surface area contributed by atoms with Gasteiger partial charge in [0.1, 0.15) is 11.9 Å². The number of aromatic hydroxyl groups is 1. The Labute approximate surface area is 84.5 Å². The van der Waals surface area contributed by atoms with E-state index in [1.165, 1.54) is 0 Å². The van der Waals surface area contributed by atoms with Gasteiger partial charge in [0.15, 0.2) is 0 Å². The number of rotatable bonds is 1. The largest absolute Gasteiger partial charge is 0.493 e. The van der Waals surface area contributed by atoms with Crippen molar-refractivity contribution in [1.82, 2.24) is 9.97 Å². The molecule has 1 aromatic rings. The van der Waals surface area contributed by atoms with Crippen LogP contribution in [0.15, 0.2) is 10.9 Å². The van der Waals surface area contributed by atoms with E-state index < -0.39 is 0 Å². The Balaban J connectivity index is 2.26. The Morgan fingerprint density at radius 2 is 2.57 bits per heavy atom.